The van der Waals surface area contributed by atoms with Crippen LogP contribution >= 0.6 is 23.2 Å². The highest BCUT2D eigenvalue weighted by Crippen LogP contribution is 2.33. The summed E-state index contributed by atoms with van der Waals surface area (Å²) in [6.45, 7) is 5.42. The summed E-state index contributed by atoms with van der Waals surface area (Å²) in [7, 11) is 0. The maximum atomic E-state index is 12.8. The molecule has 0 bridgehead atoms. The number of fused-ring (bicyclic) bond motifs is 1. The average molecular weight is 479 g/mol. The van der Waals surface area contributed by atoms with Crippen LogP contribution in [0.2, 0.25) is 10.0 Å². The predicted molar refractivity (Wildman–Crippen MR) is 123 cm³/mol. The molecule has 4 rings (SSSR count). The van der Waals surface area contributed by atoms with E-state index < -0.39 is 12.1 Å². The number of anilines is 1. The Bertz CT molecular complexity index is 1010. The summed E-state index contributed by atoms with van der Waals surface area (Å²) < 4.78 is 10.8. The van der Waals surface area contributed by atoms with Crippen LogP contribution in [0.3, 0.4) is 0 Å². The van der Waals surface area contributed by atoms with Gasteiger partial charge < -0.3 is 25.0 Å². The second-order valence-corrected chi connectivity index (χ2v) is 8.55. The molecule has 1 unspecified atom stereocenters. The Balaban J connectivity index is 1.23. The highest BCUT2D eigenvalue weighted by molar-refractivity contribution is 6.42. The molecule has 0 radical (unpaired) electrons. The molecule has 2 N–H and O–H groups in total. The van der Waals surface area contributed by atoms with E-state index in [9.17, 15) is 9.59 Å². The van der Waals surface area contributed by atoms with Crippen molar-refractivity contribution in [3.05, 3.63) is 52.0 Å². The van der Waals surface area contributed by atoms with Crippen LogP contribution < -0.4 is 20.1 Å². The van der Waals surface area contributed by atoms with Crippen LogP contribution in [0.4, 0.5) is 10.5 Å². The first-order chi connectivity index (χ1) is 15.4. The number of urea groups is 1. The van der Waals surface area contributed by atoms with Gasteiger partial charge in [-0.2, -0.15) is 0 Å². The van der Waals surface area contributed by atoms with Crippen LogP contribution in [0.5, 0.6) is 11.5 Å². The Morgan fingerprint density at radius 3 is 2.50 bits per heavy atom. The Morgan fingerprint density at radius 1 is 1.00 bits per heavy atom. The van der Waals surface area contributed by atoms with Crippen molar-refractivity contribution in [1.29, 1.82) is 0 Å². The minimum absolute atomic E-state index is 0.114. The highest BCUT2D eigenvalue weighted by Gasteiger charge is 2.26. The molecule has 3 amide bonds. The number of amides is 3. The molecule has 0 aromatic heterocycles. The number of nitrogens with zero attached hydrogens (tertiary/aromatic N) is 2. The van der Waals surface area contributed by atoms with Gasteiger partial charge in [0.1, 0.15) is 6.04 Å². The fourth-order valence-electron chi connectivity index (χ4n) is 3.70. The van der Waals surface area contributed by atoms with Gasteiger partial charge in [-0.25, -0.2) is 4.79 Å². The van der Waals surface area contributed by atoms with E-state index in [2.05, 4.69) is 15.5 Å². The Morgan fingerprint density at radius 2 is 1.75 bits per heavy atom. The average Bonchev–Trinajstić information content (AvgIpc) is 3.24. The summed E-state index contributed by atoms with van der Waals surface area (Å²) in [6.07, 6.45) is 0. The van der Waals surface area contributed by atoms with Crippen molar-refractivity contribution in [2.75, 3.05) is 38.3 Å². The van der Waals surface area contributed by atoms with Crippen molar-refractivity contribution in [3.8, 4) is 11.5 Å². The molecule has 0 aliphatic carbocycles. The van der Waals surface area contributed by atoms with E-state index in [4.69, 9.17) is 32.7 Å². The topological polar surface area (TPSA) is 83.1 Å². The van der Waals surface area contributed by atoms with E-state index in [1.807, 2.05) is 18.2 Å². The number of ether oxygens (including phenoxy) is 2. The number of nitrogens with one attached hydrogen (secondary N) is 2. The predicted octanol–water partition coefficient (Wildman–Crippen LogP) is 3.58. The lowest BCUT2D eigenvalue weighted by molar-refractivity contribution is -0.134. The quantitative estimate of drug-likeness (QED) is 0.685. The third-order valence-electron chi connectivity index (χ3n) is 5.42. The number of hydrogen-bond donors (Lipinski definition) is 2. The molecule has 2 aromatic rings. The van der Waals surface area contributed by atoms with Crippen molar-refractivity contribution >= 4 is 40.8 Å². The van der Waals surface area contributed by atoms with E-state index in [1.165, 1.54) is 0 Å². The first-order valence-corrected chi connectivity index (χ1v) is 11.1. The molecular weight excluding hydrogens is 455 g/mol. The van der Waals surface area contributed by atoms with Crippen molar-refractivity contribution in [1.82, 2.24) is 15.1 Å². The number of hydrogen-bond acceptors (Lipinski definition) is 5. The minimum Gasteiger partial charge on any atom is -0.454 e. The van der Waals surface area contributed by atoms with Crippen molar-refractivity contribution in [3.63, 3.8) is 0 Å². The largest absolute Gasteiger partial charge is 0.454 e. The summed E-state index contributed by atoms with van der Waals surface area (Å²) in [5, 5.41) is 6.08. The number of piperazine rings is 1. The molecule has 170 valence electrons. The van der Waals surface area contributed by atoms with Gasteiger partial charge in [0.15, 0.2) is 11.5 Å². The van der Waals surface area contributed by atoms with Crippen LogP contribution in [-0.4, -0.2) is 60.8 Å². The molecular formula is C22H24Cl2N4O4. The van der Waals surface area contributed by atoms with Crippen LogP contribution in [0.15, 0.2) is 36.4 Å². The molecule has 32 heavy (non-hydrogen) atoms. The number of benzene rings is 2. The molecule has 1 atom stereocenters. The Hall–Kier alpha value is -2.68. The van der Waals surface area contributed by atoms with Crippen LogP contribution in [0, 0.1) is 0 Å². The van der Waals surface area contributed by atoms with E-state index in [0.717, 1.165) is 36.7 Å². The van der Waals surface area contributed by atoms with Gasteiger partial charge in [0, 0.05) is 38.4 Å². The molecule has 2 aliphatic heterocycles. The van der Waals surface area contributed by atoms with Gasteiger partial charge in [0.05, 0.1) is 10.0 Å². The first kappa shape index (κ1) is 22.5. The Kier molecular flexibility index (Phi) is 6.93. The zero-order valence-corrected chi connectivity index (χ0v) is 19.1. The minimum atomic E-state index is -0.654. The summed E-state index contributed by atoms with van der Waals surface area (Å²) in [6, 6.07) is 9.60. The highest BCUT2D eigenvalue weighted by atomic mass is 35.5. The normalized spacial score (nSPS) is 16.5. The third kappa shape index (κ3) is 5.38. The fourth-order valence-corrected chi connectivity index (χ4v) is 4.00. The summed E-state index contributed by atoms with van der Waals surface area (Å²) in [5.41, 5.74) is 1.64. The van der Waals surface area contributed by atoms with Gasteiger partial charge in [-0.15, -0.1) is 0 Å². The lowest BCUT2D eigenvalue weighted by atomic mass is 10.1. The van der Waals surface area contributed by atoms with Crippen LogP contribution in [0.25, 0.3) is 0 Å². The molecule has 8 nitrogen and oxygen atoms in total. The third-order valence-corrected chi connectivity index (χ3v) is 6.16. The maximum absolute atomic E-state index is 12.8. The van der Waals surface area contributed by atoms with Crippen LogP contribution in [0.1, 0.15) is 12.5 Å². The van der Waals surface area contributed by atoms with Gasteiger partial charge in [-0.3, -0.25) is 9.69 Å². The summed E-state index contributed by atoms with van der Waals surface area (Å²) in [5.74, 6) is 1.43. The second-order valence-electron chi connectivity index (χ2n) is 7.74. The van der Waals surface area contributed by atoms with E-state index >= 15 is 0 Å². The Labute approximate surface area is 196 Å². The molecule has 0 spiro atoms. The zero-order chi connectivity index (χ0) is 22.7. The number of rotatable bonds is 5. The first-order valence-electron chi connectivity index (χ1n) is 10.3. The van der Waals surface area contributed by atoms with Crippen molar-refractivity contribution in [2.45, 2.75) is 19.5 Å². The van der Waals surface area contributed by atoms with E-state index in [0.29, 0.717) is 28.8 Å². The molecule has 10 heteroatoms. The van der Waals surface area contributed by atoms with Crippen molar-refractivity contribution < 1.29 is 19.1 Å². The van der Waals surface area contributed by atoms with Gasteiger partial charge >= 0.3 is 6.03 Å². The smallest absolute Gasteiger partial charge is 0.319 e. The standard InChI is InChI=1S/C22H24Cl2N4O4/c1-14(25-22(30)26-16-3-4-17(23)18(24)11-16)21(29)28-8-6-27(7-9-28)12-15-2-5-19-20(10-15)32-13-31-19/h2-5,10-11,14H,6-9,12-13H2,1H3,(H2,25,26,30). The van der Waals surface area contributed by atoms with E-state index in [1.54, 1.807) is 30.0 Å². The second kappa shape index (κ2) is 9.85. The number of carbonyl (C=O) groups excluding carboxylic acids is 2. The van der Waals surface area contributed by atoms with Crippen LogP contribution in [-0.2, 0) is 11.3 Å². The molecule has 1 fully saturated rings. The molecule has 2 aliphatic rings. The lowest BCUT2D eigenvalue weighted by Gasteiger charge is -2.36. The van der Waals surface area contributed by atoms with Gasteiger partial charge in [0.2, 0.25) is 12.7 Å². The SMILES string of the molecule is CC(NC(=O)Nc1ccc(Cl)c(Cl)c1)C(=O)N1CCN(Cc2ccc3c(c2)OCO3)CC1. The number of carbonyl (C=O) groups is 2. The summed E-state index contributed by atoms with van der Waals surface area (Å²) in [4.78, 5) is 29.1. The zero-order valence-electron chi connectivity index (χ0n) is 17.6. The van der Waals surface area contributed by atoms with Gasteiger partial charge in [-0.05, 0) is 42.8 Å². The molecule has 2 aromatic carbocycles. The van der Waals surface area contributed by atoms with Gasteiger partial charge in [0.25, 0.3) is 0 Å². The van der Waals surface area contributed by atoms with Crippen molar-refractivity contribution in [2.24, 2.45) is 0 Å². The number of halogens is 2. The molecule has 1 saturated heterocycles. The summed E-state index contributed by atoms with van der Waals surface area (Å²) >= 11 is 11.8. The molecule has 0 saturated carbocycles. The maximum Gasteiger partial charge on any atom is 0.319 e. The fraction of sp³-hybridized carbons (Fsp3) is 0.364. The monoisotopic (exact) mass is 478 g/mol. The van der Waals surface area contributed by atoms with Gasteiger partial charge in [-0.1, -0.05) is 29.3 Å². The lowest BCUT2D eigenvalue weighted by Crippen LogP contribution is -2.54. The molecule has 2 heterocycles. The van der Waals surface area contributed by atoms with E-state index in [-0.39, 0.29) is 12.7 Å².